The summed E-state index contributed by atoms with van der Waals surface area (Å²) in [6, 6.07) is 20.8. The first-order valence-electron chi connectivity index (χ1n) is 10.6. The summed E-state index contributed by atoms with van der Waals surface area (Å²) in [5, 5.41) is 2.94. The largest absolute Gasteiger partial charge is 0.494 e. The van der Waals surface area contributed by atoms with Crippen molar-refractivity contribution < 1.29 is 13.9 Å². The molecule has 1 aromatic heterocycles. The van der Waals surface area contributed by atoms with Crippen molar-refractivity contribution in [2.24, 2.45) is 0 Å². The summed E-state index contributed by atoms with van der Waals surface area (Å²) in [6.45, 7) is 6.85. The molecule has 4 aromatic rings. The molecule has 0 saturated carbocycles. The van der Waals surface area contributed by atoms with Crippen LogP contribution < -0.4 is 10.1 Å². The van der Waals surface area contributed by atoms with Crippen LogP contribution in [0, 0.1) is 0 Å². The number of nitrogens with one attached hydrogen (secondary N) is 1. The molecule has 31 heavy (non-hydrogen) atoms. The van der Waals surface area contributed by atoms with Crippen molar-refractivity contribution in [3.05, 3.63) is 77.9 Å². The van der Waals surface area contributed by atoms with E-state index in [-0.39, 0.29) is 5.91 Å². The third kappa shape index (κ3) is 4.61. The van der Waals surface area contributed by atoms with E-state index in [9.17, 15) is 4.79 Å². The lowest BCUT2D eigenvalue weighted by Crippen LogP contribution is -2.12. The Hall–Kier alpha value is -3.60. The van der Waals surface area contributed by atoms with Gasteiger partial charge >= 0.3 is 0 Å². The van der Waals surface area contributed by atoms with Crippen LogP contribution in [-0.2, 0) is 0 Å². The van der Waals surface area contributed by atoms with E-state index in [2.05, 4.69) is 36.3 Å². The lowest BCUT2D eigenvalue weighted by molar-refractivity contribution is 0.102. The van der Waals surface area contributed by atoms with Crippen LogP contribution in [0.25, 0.3) is 22.6 Å². The van der Waals surface area contributed by atoms with Crippen LogP contribution in [-0.4, -0.2) is 17.5 Å². The van der Waals surface area contributed by atoms with Crippen molar-refractivity contribution in [3.63, 3.8) is 0 Å². The molecule has 4 rings (SSSR count). The Morgan fingerprint density at radius 2 is 1.90 bits per heavy atom. The number of ether oxygens (including phenoxy) is 1. The average Bonchev–Trinajstić information content (AvgIpc) is 3.22. The summed E-state index contributed by atoms with van der Waals surface area (Å²) >= 11 is 0. The standard InChI is InChI=1S/C26H26N2O3/c1-4-17(3)18-12-13-24-23(16-18)28-26(31-24)20-9-6-10-21(14-20)27-25(29)19-8-7-11-22(15-19)30-5-2/h6-17H,4-5H2,1-3H3,(H,27,29)/t17-/m1/s1. The maximum absolute atomic E-state index is 12.7. The van der Waals surface area contributed by atoms with Gasteiger partial charge in [-0.2, -0.15) is 0 Å². The number of oxazole rings is 1. The van der Waals surface area contributed by atoms with Gasteiger partial charge in [0.25, 0.3) is 5.91 Å². The number of amides is 1. The van der Waals surface area contributed by atoms with Crippen LogP contribution in [0.15, 0.2) is 71.1 Å². The minimum atomic E-state index is -0.200. The van der Waals surface area contributed by atoms with Crippen molar-refractivity contribution in [3.8, 4) is 17.2 Å². The number of fused-ring (bicyclic) bond motifs is 1. The van der Waals surface area contributed by atoms with Crippen molar-refractivity contribution in [2.75, 3.05) is 11.9 Å². The van der Waals surface area contributed by atoms with Gasteiger partial charge in [0, 0.05) is 16.8 Å². The van der Waals surface area contributed by atoms with Gasteiger partial charge in [-0.25, -0.2) is 4.98 Å². The minimum absolute atomic E-state index is 0.200. The van der Waals surface area contributed by atoms with E-state index in [1.54, 1.807) is 12.1 Å². The van der Waals surface area contributed by atoms with Gasteiger partial charge in [0.05, 0.1) is 6.61 Å². The molecule has 0 fully saturated rings. The second-order valence-electron chi connectivity index (χ2n) is 7.55. The first-order valence-corrected chi connectivity index (χ1v) is 10.6. The molecule has 0 saturated heterocycles. The fraction of sp³-hybridized carbons (Fsp3) is 0.231. The zero-order valence-corrected chi connectivity index (χ0v) is 18.0. The van der Waals surface area contributed by atoms with Crippen molar-refractivity contribution >= 4 is 22.7 Å². The monoisotopic (exact) mass is 414 g/mol. The molecule has 1 heterocycles. The van der Waals surface area contributed by atoms with E-state index in [0.717, 1.165) is 23.1 Å². The van der Waals surface area contributed by atoms with E-state index >= 15 is 0 Å². The van der Waals surface area contributed by atoms with Crippen molar-refractivity contribution in [2.45, 2.75) is 33.1 Å². The van der Waals surface area contributed by atoms with Crippen LogP contribution in [0.1, 0.15) is 49.0 Å². The number of aromatic nitrogens is 1. The summed E-state index contributed by atoms with van der Waals surface area (Å²) in [4.78, 5) is 17.4. The minimum Gasteiger partial charge on any atom is -0.494 e. The molecule has 0 aliphatic carbocycles. The lowest BCUT2D eigenvalue weighted by atomic mass is 9.98. The molecule has 1 amide bonds. The average molecular weight is 415 g/mol. The number of carbonyl (C=O) groups excluding carboxylic acids is 1. The van der Waals surface area contributed by atoms with Crippen LogP contribution in [0.4, 0.5) is 5.69 Å². The summed E-state index contributed by atoms with van der Waals surface area (Å²) in [7, 11) is 0. The van der Waals surface area contributed by atoms with Gasteiger partial charge in [-0.1, -0.05) is 32.0 Å². The fourth-order valence-corrected chi connectivity index (χ4v) is 3.44. The molecule has 0 bridgehead atoms. The van der Waals surface area contributed by atoms with Gasteiger partial charge < -0.3 is 14.5 Å². The summed E-state index contributed by atoms with van der Waals surface area (Å²) in [6.07, 6.45) is 1.07. The quantitative estimate of drug-likeness (QED) is 0.367. The first-order chi connectivity index (χ1) is 15.1. The molecule has 5 heteroatoms. The van der Waals surface area contributed by atoms with Gasteiger partial charge in [-0.05, 0) is 73.4 Å². The molecule has 0 spiro atoms. The van der Waals surface area contributed by atoms with E-state index in [4.69, 9.17) is 9.15 Å². The summed E-state index contributed by atoms with van der Waals surface area (Å²) in [5.74, 6) is 1.48. The Labute approximate surface area is 182 Å². The maximum atomic E-state index is 12.7. The number of nitrogens with zero attached hydrogens (tertiary/aromatic N) is 1. The van der Waals surface area contributed by atoms with Crippen molar-refractivity contribution in [1.82, 2.24) is 4.98 Å². The number of rotatable bonds is 7. The Morgan fingerprint density at radius 3 is 2.71 bits per heavy atom. The van der Waals surface area contributed by atoms with Crippen molar-refractivity contribution in [1.29, 1.82) is 0 Å². The highest BCUT2D eigenvalue weighted by Crippen LogP contribution is 2.29. The van der Waals surface area contributed by atoms with Gasteiger partial charge in [-0.15, -0.1) is 0 Å². The van der Waals surface area contributed by atoms with Crippen LogP contribution in [0.2, 0.25) is 0 Å². The normalized spacial score (nSPS) is 12.0. The molecule has 0 unspecified atom stereocenters. The van der Waals surface area contributed by atoms with Gasteiger partial charge in [0.2, 0.25) is 5.89 Å². The third-order valence-electron chi connectivity index (χ3n) is 5.37. The summed E-state index contributed by atoms with van der Waals surface area (Å²) < 4.78 is 11.5. The van der Waals surface area contributed by atoms with Crippen LogP contribution in [0.3, 0.4) is 0 Å². The highest BCUT2D eigenvalue weighted by Gasteiger charge is 2.13. The Bertz CT molecular complexity index is 1210. The molecule has 1 N–H and O–H groups in total. The van der Waals surface area contributed by atoms with Gasteiger partial charge in [0.15, 0.2) is 5.58 Å². The maximum Gasteiger partial charge on any atom is 0.255 e. The van der Waals surface area contributed by atoms with E-state index in [1.165, 1.54) is 5.56 Å². The zero-order chi connectivity index (χ0) is 21.8. The molecule has 0 aliphatic heterocycles. The fourth-order valence-electron chi connectivity index (χ4n) is 3.44. The summed E-state index contributed by atoms with van der Waals surface area (Å²) in [5.41, 5.74) is 4.87. The number of hydrogen-bond donors (Lipinski definition) is 1. The number of anilines is 1. The first kappa shape index (κ1) is 20.7. The number of carbonyl (C=O) groups is 1. The number of benzene rings is 3. The molecular weight excluding hydrogens is 388 g/mol. The third-order valence-corrected chi connectivity index (χ3v) is 5.37. The second kappa shape index (κ2) is 9.04. The predicted molar refractivity (Wildman–Crippen MR) is 124 cm³/mol. The lowest BCUT2D eigenvalue weighted by Gasteiger charge is -2.08. The Morgan fingerprint density at radius 1 is 1.06 bits per heavy atom. The van der Waals surface area contributed by atoms with E-state index in [0.29, 0.717) is 35.4 Å². The molecule has 0 aliphatic rings. The van der Waals surface area contributed by atoms with Gasteiger partial charge in [-0.3, -0.25) is 4.79 Å². The van der Waals surface area contributed by atoms with E-state index < -0.39 is 0 Å². The predicted octanol–water partition coefficient (Wildman–Crippen LogP) is 6.66. The highest BCUT2D eigenvalue weighted by atomic mass is 16.5. The highest BCUT2D eigenvalue weighted by molar-refractivity contribution is 6.04. The Balaban J connectivity index is 1.57. The van der Waals surface area contributed by atoms with E-state index in [1.807, 2.05) is 49.4 Å². The number of hydrogen-bond acceptors (Lipinski definition) is 4. The molecule has 1 atom stereocenters. The smallest absolute Gasteiger partial charge is 0.255 e. The molecular formula is C26H26N2O3. The zero-order valence-electron chi connectivity index (χ0n) is 18.0. The van der Waals surface area contributed by atoms with Gasteiger partial charge in [0.1, 0.15) is 11.3 Å². The molecule has 3 aromatic carbocycles. The topological polar surface area (TPSA) is 64.4 Å². The van der Waals surface area contributed by atoms with Crippen LogP contribution >= 0.6 is 0 Å². The SMILES string of the molecule is CCOc1cccc(C(=O)Nc2cccc(-c3nc4cc([C@H](C)CC)ccc4o3)c2)c1. The molecule has 158 valence electrons. The molecule has 5 nitrogen and oxygen atoms in total. The Kier molecular flexibility index (Phi) is 6.03. The van der Waals surface area contributed by atoms with Crippen LogP contribution in [0.5, 0.6) is 5.75 Å². The molecule has 0 radical (unpaired) electrons. The second-order valence-corrected chi connectivity index (χ2v) is 7.55.